The number of aliphatic imine (C=N–C) groups is 1. The van der Waals surface area contributed by atoms with Gasteiger partial charge in [-0.25, -0.2) is 9.20 Å². The molecule has 0 aromatic heterocycles. The molecule has 0 bridgehead atoms. The van der Waals surface area contributed by atoms with Crippen molar-refractivity contribution in [3.05, 3.63) is 18.2 Å². The Morgan fingerprint density at radius 2 is 2.24 bits per heavy atom. The lowest BCUT2D eigenvalue weighted by molar-refractivity contribution is 0.570. The van der Waals surface area contributed by atoms with Crippen LogP contribution < -0.4 is 15.4 Å². The van der Waals surface area contributed by atoms with Crippen molar-refractivity contribution in [2.75, 3.05) is 22.7 Å². The molecule has 0 amide bonds. The van der Waals surface area contributed by atoms with Gasteiger partial charge in [-0.05, 0) is 42.8 Å². The van der Waals surface area contributed by atoms with Crippen LogP contribution in [0.25, 0.3) is 0 Å². The molecule has 1 unspecified atom stereocenters. The van der Waals surface area contributed by atoms with Crippen molar-refractivity contribution in [1.82, 2.24) is 0 Å². The van der Waals surface area contributed by atoms with E-state index in [1.807, 2.05) is 6.07 Å². The van der Waals surface area contributed by atoms with Crippen LogP contribution in [0, 0.1) is 5.41 Å². The first-order valence-electron chi connectivity index (χ1n) is 6.36. The Morgan fingerprint density at radius 1 is 1.52 bits per heavy atom. The van der Waals surface area contributed by atoms with Crippen molar-refractivity contribution in [2.45, 2.75) is 12.8 Å². The highest BCUT2D eigenvalue weighted by atomic mass is 32.2. The summed E-state index contributed by atoms with van der Waals surface area (Å²) in [5.74, 6) is 0. The summed E-state index contributed by atoms with van der Waals surface area (Å²) in [6.45, 7) is 1.96. The maximum atomic E-state index is 11.0. The Balaban J connectivity index is 2.32. The summed E-state index contributed by atoms with van der Waals surface area (Å²) in [6.07, 6.45) is 2.30. The minimum absolute atomic E-state index is 0.200. The molecule has 1 aromatic rings. The number of nitrogens with two attached hydrogens (primary N) is 1. The molecule has 1 aliphatic rings. The third-order valence-corrected chi connectivity index (χ3v) is 3.90. The van der Waals surface area contributed by atoms with Gasteiger partial charge in [-0.1, -0.05) is 0 Å². The van der Waals surface area contributed by atoms with Gasteiger partial charge in [-0.15, -0.1) is 0 Å². The standard InChI is InChI=1S/C12H17N5O2S2/c13-8-20-12(14)15-10-4-3-9(17-5-1-2-6-17)7-11(10)16-21(18)19/h3-4,7-8,13,16H,1-2,5-6H2,(H2,14,15)(H,18,19). The molecule has 1 aliphatic heterocycles. The number of hydrogen-bond acceptors (Lipinski definition) is 5. The van der Waals surface area contributed by atoms with Gasteiger partial charge in [0, 0.05) is 18.8 Å². The lowest BCUT2D eigenvalue weighted by Gasteiger charge is -2.19. The predicted octanol–water partition coefficient (Wildman–Crippen LogP) is 2.12. The van der Waals surface area contributed by atoms with Gasteiger partial charge in [0.25, 0.3) is 11.3 Å². The summed E-state index contributed by atoms with van der Waals surface area (Å²) < 4.78 is 22.5. The molecule has 0 radical (unpaired) electrons. The molecular formula is C12H17N5O2S2. The van der Waals surface area contributed by atoms with Gasteiger partial charge in [0.1, 0.15) is 0 Å². The SMILES string of the molecule is N=CSC(N)=Nc1ccc(N2CCCC2)cc1NS(=O)O. The summed E-state index contributed by atoms with van der Waals surface area (Å²) >= 11 is -1.21. The Hall–Kier alpha value is -1.58. The van der Waals surface area contributed by atoms with E-state index in [1.165, 1.54) is 0 Å². The van der Waals surface area contributed by atoms with Crippen LogP contribution in [0.3, 0.4) is 0 Å². The fourth-order valence-corrected chi connectivity index (χ4v) is 2.80. The molecule has 1 fully saturated rings. The first-order valence-corrected chi connectivity index (χ1v) is 8.35. The van der Waals surface area contributed by atoms with Gasteiger partial charge in [-0.3, -0.25) is 9.27 Å². The Morgan fingerprint density at radius 3 is 2.86 bits per heavy atom. The zero-order valence-electron chi connectivity index (χ0n) is 11.3. The fraction of sp³-hybridized carbons (Fsp3) is 0.333. The molecule has 7 nitrogen and oxygen atoms in total. The Kier molecular flexibility index (Phi) is 5.59. The topological polar surface area (TPSA) is 115 Å². The molecule has 0 spiro atoms. The molecule has 2 rings (SSSR count). The average molecular weight is 327 g/mol. The van der Waals surface area contributed by atoms with E-state index in [0.717, 1.165) is 48.9 Å². The molecule has 1 heterocycles. The highest BCUT2D eigenvalue weighted by molar-refractivity contribution is 8.24. The zero-order chi connectivity index (χ0) is 15.2. The second kappa shape index (κ2) is 7.43. The molecule has 0 aliphatic carbocycles. The molecule has 1 saturated heterocycles. The zero-order valence-corrected chi connectivity index (χ0v) is 12.9. The monoisotopic (exact) mass is 327 g/mol. The number of nitrogens with zero attached hydrogens (tertiary/aromatic N) is 2. The Bertz CT molecular complexity index is 573. The van der Waals surface area contributed by atoms with E-state index in [2.05, 4.69) is 14.6 Å². The van der Waals surface area contributed by atoms with E-state index in [0.29, 0.717) is 11.4 Å². The second-order valence-corrected chi connectivity index (χ2v) is 6.02. The number of thioether (sulfide) groups is 1. The van der Waals surface area contributed by atoms with Gasteiger partial charge >= 0.3 is 0 Å². The van der Waals surface area contributed by atoms with E-state index in [-0.39, 0.29) is 5.17 Å². The van der Waals surface area contributed by atoms with Crippen LogP contribution >= 0.6 is 11.8 Å². The third kappa shape index (κ3) is 4.45. The lowest BCUT2D eigenvalue weighted by atomic mass is 10.2. The molecule has 0 saturated carbocycles. The number of rotatable bonds is 5. The smallest absolute Gasteiger partial charge is 0.259 e. The van der Waals surface area contributed by atoms with Crippen LogP contribution in [-0.4, -0.2) is 32.6 Å². The van der Waals surface area contributed by atoms with Crippen molar-refractivity contribution in [2.24, 2.45) is 10.7 Å². The van der Waals surface area contributed by atoms with E-state index in [4.69, 9.17) is 15.7 Å². The number of anilines is 2. The summed E-state index contributed by atoms with van der Waals surface area (Å²) in [7, 11) is 0. The van der Waals surface area contributed by atoms with Gasteiger partial charge < -0.3 is 16.0 Å². The second-order valence-electron chi connectivity index (χ2n) is 4.43. The molecule has 1 atom stereocenters. The first-order chi connectivity index (χ1) is 10.1. The summed E-state index contributed by atoms with van der Waals surface area (Å²) in [5.41, 5.74) is 8.63. The van der Waals surface area contributed by atoms with Gasteiger partial charge in [0.2, 0.25) is 0 Å². The van der Waals surface area contributed by atoms with Crippen molar-refractivity contribution in [3.8, 4) is 0 Å². The van der Waals surface area contributed by atoms with Crippen molar-refractivity contribution in [1.29, 1.82) is 5.41 Å². The van der Waals surface area contributed by atoms with Crippen molar-refractivity contribution < 1.29 is 8.76 Å². The van der Waals surface area contributed by atoms with Crippen LogP contribution in [0.5, 0.6) is 0 Å². The molecule has 114 valence electrons. The van der Waals surface area contributed by atoms with E-state index >= 15 is 0 Å². The third-order valence-electron chi connectivity index (χ3n) is 3.06. The maximum Gasteiger partial charge on any atom is 0.259 e. The highest BCUT2D eigenvalue weighted by Crippen LogP contribution is 2.32. The Labute approximate surface area is 129 Å². The predicted molar refractivity (Wildman–Crippen MR) is 89.9 cm³/mol. The molecule has 9 heteroatoms. The van der Waals surface area contributed by atoms with E-state index in [9.17, 15) is 4.21 Å². The minimum Gasteiger partial charge on any atom is -0.378 e. The molecule has 1 aromatic carbocycles. The van der Waals surface area contributed by atoms with Gasteiger partial charge in [0.15, 0.2) is 5.17 Å². The van der Waals surface area contributed by atoms with Crippen LogP contribution in [0.1, 0.15) is 12.8 Å². The number of hydrogen-bond donors (Lipinski definition) is 4. The normalized spacial score (nSPS) is 16.8. The summed E-state index contributed by atoms with van der Waals surface area (Å²) in [4.78, 5) is 6.37. The molecule has 5 N–H and O–H groups in total. The van der Waals surface area contributed by atoms with E-state index in [1.54, 1.807) is 12.1 Å². The van der Waals surface area contributed by atoms with Crippen LogP contribution in [-0.2, 0) is 11.3 Å². The van der Waals surface area contributed by atoms with Crippen molar-refractivity contribution >= 4 is 50.8 Å². The van der Waals surface area contributed by atoms with E-state index < -0.39 is 11.3 Å². The van der Waals surface area contributed by atoms with Crippen LogP contribution in [0.4, 0.5) is 17.1 Å². The molecule has 21 heavy (non-hydrogen) atoms. The number of nitrogens with one attached hydrogen (secondary N) is 2. The van der Waals surface area contributed by atoms with Gasteiger partial charge in [0.05, 0.1) is 16.9 Å². The first kappa shape index (κ1) is 15.8. The highest BCUT2D eigenvalue weighted by Gasteiger charge is 2.14. The quantitative estimate of drug-likeness (QED) is 0.376. The van der Waals surface area contributed by atoms with Crippen LogP contribution in [0.2, 0.25) is 0 Å². The van der Waals surface area contributed by atoms with Crippen LogP contribution in [0.15, 0.2) is 23.2 Å². The maximum absolute atomic E-state index is 11.0. The fourth-order valence-electron chi connectivity index (χ4n) is 2.17. The lowest BCUT2D eigenvalue weighted by Crippen LogP contribution is -2.17. The number of amidine groups is 1. The number of benzene rings is 1. The van der Waals surface area contributed by atoms with Gasteiger partial charge in [-0.2, -0.15) is 0 Å². The summed E-state index contributed by atoms with van der Waals surface area (Å²) in [6, 6.07) is 5.46. The largest absolute Gasteiger partial charge is 0.378 e. The van der Waals surface area contributed by atoms with Crippen molar-refractivity contribution in [3.63, 3.8) is 0 Å². The molecular weight excluding hydrogens is 310 g/mol. The average Bonchev–Trinajstić information content (AvgIpc) is 2.94. The summed E-state index contributed by atoms with van der Waals surface area (Å²) in [5, 5.41) is 7.18. The minimum atomic E-state index is -2.19.